The third kappa shape index (κ3) is 5.14. The molecule has 0 spiro atoms. The SMILES string of the molecule is O=C(O)C(NC1CCN(CCCc2ccc3c(n2)NCCC3)C1)c1ccccc1. The summed E-state index contributed by atoms with van der Waals surface area (Å²) in [4.78, 5) is 18.9. The number of rotatable bonds is 8. The lowest BCUT2D eigenvalue weighted by Gasteiger charge is -2.21. The number of hydrogen-bond donors (Lipinski definition) is 3. The fourth-order valence-corrected chi connectivity index (χ4v) is 4.35. The molecule has 4 rings (SSSR count). The van der Waals surface area contributed by atoms with E-state index in [-0.39, 0.29) is 6.04 Å². The van der Waals surface area contributed by atoms with Gasteiger partial charge in [-0.15, -0.1) is 0 Å². The number of aromatic nitrogens is 1. The molecule has 0 bridgehead atoms. The number of carboxylic acid groups (broad SMARTS) is 1. The predicted molar refractivity (Wildman–Crippen MR) is 114 cm³/mol. The summed E-state index contributed by atoms with van der Waals surface area (Å²) in [6.07, 6.45) is 5.34. The van der Waals surface area contributed by atoms with Gasteiger partial charge < -0.3 is 15.3 Å². The van der Waals surface area contributed by atoms with Gasteiger partial charge in [-0.2, -0.15) is 0 Å². The average molecular weight is 395 g/mol. The third-order valence-electron chi connectivity index (χ3n) is 5.91. The van der Waals surface area contributed by atoms with Crippen molar-refractivity contribution in [3.05, 3.63) is 59.3 Å². The summed E-state index contributed by atoms with van der Waals surface area (Å²) in [5.74, 6) is 0.251. The van der Waals surface area contributed by atoms with E-state index in [4.69, 9.17) is 4.98 Å². The van der Waals surface area contributed by atoms with Gasteiger partial charge in [0.1, 0.15) is 11.9 Å². The van der Waals surface area contributed by atoms with Crippen LogP contribution in [0, 0.1) is 0 Å². The number of aryl methyl sites for hydroxylation is 2. The first-order chi connectivity index (χ1) is 14.2. The Morgan fingerprint density at radius 2 is 2.14 bits per heavy atom. The summed E-state index contributed by atoms with van der Waals surface area (Å²) in [5, 5.41) is 16.4. The monoisotopic (exact) mass is 394 g/mol. The van der Waals surface area contributed by atoms with E-state index in [0.29, 0.717) is 0 Å². The molecule has 0 radical (unpaired) electrons. The Kier molecular flexibility index (Phi) is 6.42. The maximum absolute atomic E-state index is 11.7. The highest BCUT2D eigenvalue weighted by Gasteiger charge is 2.28. The lowest BCUT2D eigenvalue weighted by molar-refractivity contribution is -0.139. The molecule has 2 unspecified atom stereocenters. The Morgan fingerprint density at radius 3 is 2.97 bits per heavy atom. The predicted octanol–water partition coefficient (Wildman–Crippen LogP) is 2.86. The molecule has 2 atom stereocenters. The van der Waals surface area contributed by atoms with Gasteiger partial charge in [0.25, 0.3) is 0 Å². The first-order valence-corrected chi connectivity index (χ1v) is 10.7. The molecule has 1 aromatic carbocycles. The van der Waals surface area contributed by atoms with Gasteiger partial charge in [-0.05, 0) is 62.4 Å². The summed E-state index contributed by atoms with van der Waals surface area (Å²) in [6.45, 7) is 3.95. The van der Waals surface area contributed by atoms with Crippen LogP contribution in [-0.2, 0) is 17.6 Å². The van der Waals surface area contributed by atoms with Crippen LogP contribution in [-0.4, -0.2) is 53.2 Å². The van der Waals surface area contributed by atoms with E-state index < -0.39 is 12.0 Å². The van der Waals surface area contributed by atoms with Gasteiger partial charge in [0.2, 0.25) is 0 Å². The molecule has 2 aliphatic rings. The minimum absolute atomic E-state index is 0.211. The quantitative estimate of drug-likeness (QED) is 0.639. The molecular formula is C23H30N4O2. The van der Waals surface area contributed by atoms with Crippen LogP contribution in [0.5, 0.6) is 0 Å². The topological polar surface area (TPSA) is 77.5 Å². The summed E-state index contributed by atoms with van der Waals surface area (Å²) < 4.78 is 0. The van der Waals surface area contributed by atoms with Crippen LogP contribution in [0.2, 0.25) is 0 Å². The number of aliphatic carboxylic acids is 1. The van der Waals surface area contributed by atoms with E-state index in [1.807, 2.05) is 30.3 Å². The van der Waals surface area contributed by atoms with Crippen molar-refractivity contribution in [1.82, 2.24) is 15.2 Å². The van der Waals surface area contributed by atoms with Crippen LogP contribution in [0.15, 0.2) is 42.5 Å². The highest BCUT2D eigenvalue weighted by Crippen LogP contribution is 2.21. The van der Waals surface area contributed by atoms with Crippen molar-refractivity contribution >= 4 is 11.8 Å². The van der Waals surface area contributed by atoms with Crippen LogP contribution in [0.1, 0.15) is 42.1 Å². The van der Waals surface area contributed by atoms with Crippen molar-refractivity contribution in [3.63, 3.8) is 0 Å². The molecule has 6 nitrogen and oxygen atoms in total. The normalized spacial score (nSPS) is 20.1. The van der Waals surface area contributed by atoms with Crippen LogP contribution < -0.4 is 10.6 Å². The zero-order valence-electron chi connectivity index (χ0n) is 16.8. The highest BCUT2D eigenvalue weighted by atomic mass is 16.4. The molecule has 3 N–H and O–H groups in total. The van der Waals surface area contributed by atoms with Crippen molar-refractivity contribution in [2.75, 3.05) is 31.5 Å². The third-order valence-corrected chi connectivity index (χ3v) is 5.91. The molecule has 2 aliphatic heterocycles. The van der Waals surface area contributed by atoms with Gasteiger partial charge in [-0.3, -0.25) is 10.1 Å². The summed E-state index contributed by atoms with van der Waals surface area (Å²) in [5.41, 5.74) is 3.30. The Hall–Kier alpha value is -2.44. The second-order valence-electron chi connectivity index (χ2n) is 8.08. The van der Waals surface area contributed by atoms with Crippen LogP contribution >= 0.6 is 0 Å². The molecular weight excluding hydrogens is 364 g/mol. The van der Waals surface area contributed by atoms with Gasteiger partial charge >= 0.3 is 5.97 Å². The maximum Gasteiger partial charge on any atom is 0.325 e. The van der Waals surface area contributed by atoms with Crippen LogP contribution in [0.25, 0.3) is 0 Å². The van der Waals surface area contributed by atoms with Gasteiger partial charge in [0.15, 0.2) is 0 Å². The van der Waals surface area contributed by atoms with E-state index in [1.54, 1.807) is 0 Å². The summed E-state index contributed by atoms with van der Waals surface area (Å²) >= 11 is 0. The smallest absolute Gasteiger partial charge is 0.325 e. The van der Waals surface area contributed by atoms with Gasteiger partial charge in [0.05, 0.1) is 0 Å². The minimum atomic E-state index is -0.818. The Bertz CT molecular complexity index is 827. The van der Waals surface area contributed by atoms with Crippen molar-refractivity contribution in [2.45, 2.75) is 44.2 Å². The van der Waals surface area contributed by atoms with E-state index in [2.05, 4.69) is 27.7 Å². The van der Waals surface area contributed by atoms with Crippen LogP contribution in [0.4, 0.5) is 5.82 Å². The molecule has 6 heteroatoms. The van der Waals surface area contributed by atoms with Crippen molar-refractivity contribution in [2.24, 2.45) is 0 Å². The number of nitrogens with one attached hydrogen (secondary N) is 2. The molecule has 2 aromatic rings. The first kappa shape index (κ1) is 19.9. The Labute approximate surface area is 172 Å². The number of pyridine rings is 1. The number of nitrogens with zero attached hydrogens (tertiary/aromatic N) is 2. The van der Waals surface area contributed by atoms with Crippen LogP contribution in [0.3, 0.4) is 0 Å². The molecule has 0 amide bonds. The van der Waals surface area contributed by atoms with Gasteiger partial charge in [-0.25, -0.2) is 4.98 Å². The largest absolute Gasteiger partial charge is 0.480 e. The van der Waals surface area contributed by atoms with Crippen molar-refractivity contribution in [1.29, 1.82) is 0 Å². The molecule has 0 saturated carbocycles. The van der Waals surface area contributed by atoms with E-state index >= 15 is 0 Å². The first-order valence-electron chi connectivity index (χ1n) is 10.7. The Morgan fingerprint density at radius 1 is 1.28 bits per heavy atom. The maximum atomic E-state index is 11.7. The number of likely N-dealkylation sites (tertiary alicyclic amines) is 1. The molecule has 1 saturated heterocycles. The van der Waals surface area contributed by atoms with Gasteiger partial charge in [-0.1, -0.05) is 36.4 Å². The number of anilines is 1. The van der Waals surface area contributed by atoms with E-state index in [0.717, 1.165) is 68.9 Å². The fourth-order valence-electron chi connectivity index (χ4n) is 4.35. The fraction of sp³-hybridized carbons (Fsp3) is 0.478. The number of hydrogen-bond acceptors (Lipinski definition) is 5. The van der Waals surface area contributed by atoms with Gasteiger partial charge in [0, 0.05) is 24.8 Å². The zero-order valence-corrected chi connectivity index (χ0v) is 16.8. The van der Waals surface area contributed by atoms with E-state index in [1.165, 1.54) is 12.0 Å². The minimum Gasteiger partial charge on any atom is -0.480 e. The molecule has 1 aromatic heterocycles. The molecule has 29 heavy (non-hydrogen) atoms. The standard InChI is InChI=1S/C23H30N4O2/c28-23(29)21(17-6-2-1-3-7-17)25-20-12-15-27(16-20)14-5-9-19-11-10-18-8-4-13-24-22(18)26-19/h1-3,6-7,10-11,20-21,25H,4-5,8-9,12-16H2,(H,24,26)(H,28,29). The second kappa shape index (κ2) is 9.37. The average Bonchev–Trinajstić information content (AvgIpc) is 3.20. The molecule has 3 heterocycles. The summed E-state index contributed by atoms with van der Waals surface area (Å²) in [6, 6.07) is 13.4. The van der Waals surface area contributed by atoms with Crippen molar-refractivity contribution < 1.29 is 9.90 Å². The molecule has 1 fully saturated rings. The zero-order chi connectivity index (χ0) is 20.1. The molecule has 0 aliphatic carbocycles. The highest BCUT2D eigenvalue weighted by molar-refractivity contribution is 5.75. The second-order valence-corrected chi connectivity index (χ2v) is 8.08. The van der Waals surface area contributed by atoms with E-state index in [9.17, 15) is 9.90 Å². The number of fused-ring (bicyclic) bond motifs is 1. The number of carbonyl (C=O) groups is 1. The lowest BCUT2D eigenvalue weighted by Crippen LogP contribution is -2.39. The number of benzene rings is 1. The lowest BCUT2D eigenvalue weighted by atomic mass is 10.1. The Balaban J connectivity index is 1.24. The number of carboxylic acids is 1. The molecule has 154 valence electrons. The summed E-state index contributed by atoms with van der Waals surface area (Å²) in [7, 11) is 0. The van der Waals surface area contributed by atoms with Crippen molar-refractivity contribution in [3.8, 4) is 0 Å².